The molecule has 8 heteroatoms. The van der Waals surface area contributed by atoms with Crippen LogP contribution in [0.25, 0.3) is 0 Å². The molecule has 0 aliphatic carbocycles. The van der Waals surface area contributed by atoms with Crippen LogP contribution < -0.4 is 4.90 Å². The molecule has 1 unspecified atom stereocenters. The quantitative estimate of drug-likeness (QED) is 0.581. The average molecular weight is 255 g/mol. The van der Waals surface area contributed by atoms with Gasteiger partial charge in [0.05, 0.1) is 11.0 Å². The van der Waals surface area contributed by atoms with E-state index in [1.54, 1.807) is 14.0 Å². The number of likely N-dealkylation sites (N-methyl/N-ethyl adjacent to an activating group) is 1. The van der Waals surface area contributed by atoms with E-state index in [1.807, 2.05) is 0 Å². The molecular weight excluding hydrogens is 242 g/mol. The molecular formula is C10H13N3O5. The van der Waals surface area contributed by atoms with Crippen LogP contribution in [0.1, 0.15) is 17.3 Å². The third kappa shape index (κ3) is 3.14. The predicted molar refractivity (Wildman–Crippen MR) is 62.8 cm³/mol. The van der Waals surface area contributed by atoms with Crippen molar-refractivity contribution in [2.24, 2.45) is 0 Å². The Morgan fingerprint density at radius 3 is 2.72 bits per heavy atom. The Bertz CT molecular complexity index is 475. The van der Waals surface area contributed by atoms with Gasteiger partial charge in [-0.05, 0) is 6.92 Å². The molecule has 1 atom stereocenters. The molecule has 2 N–H and O–H groups in total. The van der Waals surface area contributed by atoms with Crippen molar-refractivity contribution in [1.82, 2.24) is 4.98 Å². The van der Waals surface area contributed by atoms with Gasteiger partial charge in [0.1, 0.15) is 17.6 Å². The molecule has 0 radical (unpaired) electrons. The number of anilines is 1. The summed E-state index contributed by atoms with van der Waals surface area (Å²) in [5.41, 5.74) is -0.658. The van der Waals surface area contributed by atoms with Crippen molar-refractivity contribution in [2.75, 3.05) is 18.5 Å². The summed E-state index contributed by atoms with van der Waals surface area (Å²) in [5, 5.41) is 28.8. The van der Waals surface area contributed by atoms with Crippen LogP contribution in [0.4, 0.5) is 11.5 Å². The Labute approximate surface area is 103 Å². The lowest BCUT2D eigenvalue weighted by Crippen LogP contribution is -2.29. The highest BCUT2D eigenvalue weighted by Gasteiger charge is 2.20. The second-order valence-electron chi connectivity index (χ2n) is 3.86. The van der Waals surface area contributed by atoms with Gasteiger partial charge in [-0.1, -0.05) is 0 Å². The molecule has 0 spiro atoms. The third-order valence-electron chi connectivity index (χ3n) is 2.19. The first kappa shape index (κ1) is 13.8. The highest BCUT2D eigenvalue weighted by molar-refractivity contribution is 5.94. The molecule has 1 aromatic rings. The third-order valence-corrected chi connectivity index (χ3v) is 2.19. The van der Waals surface area contributed by atoms with Crippen LogP contribution in [-0.4, -0.2) is 45.8 Å². The van der Waals surface area contributed by atoms with Crippen molar-refractivity contribution in [2.45, 2.75) is 13.0 Å². The molecule has 0 aliphatic heterocycles. The lowest BCUT2D eigenvalue weighted by Gasteiger charge is -2.20. The van der Waals surface area contributed by atoms with Gasteiger partial charge in [-0.3, -0.25) is 10.1 Å². The maximum atomic E-state index is 11.0. The number of hydrogen-bond acceptors (Lipinski definition) is 6. The second-order valence-corrected chi connectivity index (χ2v) is 3.86. The van der Waals surface area contributed by atoms with E-state index in [-0.39, 0.29) is 23.6 Å². The molecule has 0 aromatic carbocycles. The van der Waals surface area contributed by atoms with E-state index in [0.29, 0.717) is 0 Å². The molecule has 0 amide bonds. The van der Waals surface area contributed by atoms with Gasteiger partial charge in [-0.25, -0.2) is 9.78 Å². The number of pyridine rings is 1. The van der Waals surface area contributed by atoms with Crippen molar-refractivity contribution in [3.63, 3.8) is 0 Å². The SMILES string of the molecule is CC(O)CN(C)c1ncc([N+](=O)[O-])cc1C(=O)O. The van der Waals surface area contributed by atoms with Crippen molar-refractivity contribution in [1.29, 1.82) is 0 Å². The average Bonchev–Trinajstić information content (AvgIpc) is 2.26. The van der Waals surface area contributed by atoms with Gasteiger partial charge in [-0.2, -0.15) is 0 Å². The van der Waals surface area contributed by atoms with Gasteiger partial charge >= 0.3 is 5.97 Å². The van der Waals surface area contributed by atoms with E-state index in [9.17, 15) is 20.0 Å². The van der Waals surface area contributed by atoms with Crippen LogP contribution in [0.15, 0.2) is 12.3 Å². The van der Waals surface area contributed by atoms with Crippen LogP contribution >= 0.6 is 0 Å². The Morgan fingerprint density at radius 2 is 2.28 bits per heavy atom. The topological polar surface area (TPSA) is 117 Å². The summed E-state index contributed by atoms with van der Waals surface area (Å²) < 4.78 is 0. The number of aromatic carboxylic acids is 1. The largest absolute Gasteiger partial charge is 0.478 e. The van der Waals surface area contributed by atoms with Crippen molar-refractivity contribution in [3.8, 4) is 0 Å². The summed E-state index contributed by atoms with van der Waals surface area (Å²) in [6.07, 6.45) is 0.314. The highest BCUT2D eigenvalue weighted by atomic mass is 16.6. The predicted octanol–water partition coefficient (Wildman–Crippen LogP) is 0.505. The molecule has 1 rings (SSSR count). The molecule has 0 aliphatic rings. The smallest absolute Gasteiger partial charge is 0.339 e. The highest BCUT2D eigenvalue weighted by Crippen LogP contribution is 2.21. The minimum absolute atomic E-state index is 0.0778. The van der Waals surface area contributed by atoms with Gasteiger partial charge < -0.3 is 15.1 Å². The fourth-order valence-electron chi connectivity index (χ4n) is 1.49. The second kappa shape index (κ2) is 5.41. The van der Waals surface area contributed by atoms with E-state index >= 15 is 0 Å². The Hall–Kier alpha value is -2.22. The first-order valence-corrected chi connectivity index (χ1v) is 5.10. The van der Waals surface area contributed by atoms with Gasteiger partial charge in [0, 0.05) is 19.7 Å². The Morgan fingerprint density at radius 1 is 1.67 bits per heavy atom. The van der Waals surface area contributed by atoms with Crippen LogP contribution in [0.5, 0.6) is 0 Å². The number of nitrogens with zero attached hydrogens (tertiary/aromatic N) is 3. The van der Waals surface area contributed by atoms with E-state index < -0.39 is 17.0 Å². The Kier molecular flexibility index (Phi) is 4.16. The summed E-state index contributed by atoms with van der Waals surface area (Å²) in [7, 11) is 1.55. The van der Waals surface area contributed by atoms with E-state index in [2.05, 4.69) is 4.98 Å². The van der Waals surface area contributed by atoms with Crippen molar-refractivity contribution < 1.29 is 19.9 Å². The number of carboxylic acids is 1. The summed E-state index contributed by atoms with van der Waals surface area (Å²) >= 11 is 0. The number of aliphatic hydroxyl groups is 1. The van der Waals surface area contributed by atoms with Crippen molar-refractivity contribution in [3.05, 3.63) is 27.9 Å². The molecule has 1 aromatic heterocycles. The molecule has 18 heavy (non-hydrogen) atoms. The first-order chi connectivity index (χ1) is 8.32. The van der Waals surface area contributed by atoms with Gasteiger partial charge in [0.2, 0.25) is 0 Å². The van der Waals surface area contributed by atoms with Gasteiger partial charge in [0.15, 0.2) is 0 Å². The monoisotopic (exact) mass is 255 g/mol. The summed E-state index contributed by atoms with van der Waals surface area (Å²) in [5.74, 6) is -1.23. The normalized spacial score (nSPS) is 11.9. The van der Waals surface area contributed by atoms with Crippen LogP contribution in [0.3, 0.4) is 0 Å². The zero-order valence-corrected chi connectivity index (χ0v) is 9.90. The fraction of sp³-hybridized carbons (Fsp3) is 0.400. The number of aromatic nitrogens is 1. The number of carbonyl (C=O) groups is 1. The maximum absolute atomic E-state index is 11.0. The van der Waals surface area contributed by atoms with Crippen LogP contribution in [0, 0.1) is 10.1 Å². The minimum atomic E-state index is -1.31. The minimum Gasteiger partial charge on any atom is -0.478 e. The number of hydrogen-bond donors (Lipinski definition) is 2. The molecule has 0 fully saturated rings. The first-order valence-electron chi connectivity index (χ1n) is 5.10. The summed E-state index contributed by atoms with van der Waals surface area (Å²) in [6.45, 7) is 1.72. The lowest BCUT2D eigenvalue weighted by atomic mass is 10.2. The molecule has 0 bridgehead atoms. The number of carboxylic acid groups (broad SMARTS) is 1. The number of rotatable bonds is 5. The van der Waals surface area contributed by atoms with E-state index in [1.165, 1.54) is 4.90 Å². The number of nitro groups is 1. The fourth-order valence-corrected chi connectivity index (χ4v) is 1.49. The standard InChI is InChI=1S/C10H13N3O5/c1-6(14)5-12(2)9-8(10(15)16)3-7(4-11-9)13(17)18/h3-4,6,14H,5H2,1-2H3,(H,15,16). The summed E-state index contributed by atoms with van der Waals surface area (Å²) in [6, 6.07) is 0.948. The van der Waals surface area contributed by atoms with Gasteiger partial charge in [0.25, 0.3) is 5.69 Å². The molecule has 98 valence electrons. The number of aliphatic hydroxyl groups excluding tert-OH is 1. The van der Waals surface area contributed by atoms with E-state index in [4.69, 9.17) is 5.11 Å². The molecule has 0 saturated heterocycles. The summed E-state index contributed by atoms with van der Waals surface area (Å²) in [4.78, 5) is 26.1. The molecule has 8 nitrogen and oxygen atoms in total. The molecule has 1 heterocycles. The zero-order valence-electron chi connectivity index (χ0n) is 9.90. The zero-order chi connectivity index (χ0) is 13.9. The Balaban J connectivity index is 3.19. The van der Waals surface area contributed by atoms with Crippen LogP contribution in [0.2, 0.25) is 0 Å². The van der Waals surface area contributed by atoms with Crippen LogP contribution in [-0.2, 0) is 0 Å². The van der Waals surface area contributed by atoms with Crippen molar-refractivity contribution >= 4 is 17.5 Å². The lowest BCUT2D eigenvalue weighted by molar-refractivity contribution is -0.385. The van der Waals surface area contributed by atoms with Gasteiger partial charge in [-0.15, -0.1) is 0 Å². The maximum Gasteiger partial charge on any atom is 0.339 e. The van der Waals surface area contributed by atoms with E-state index in [0.717, 1.165) is 12.3 Å². The molecule has 0 saturated carbocycles.